The van der Waals surface area contributed by atoms with Crippen molar-refractivity contribution in [1.82, 2.24) is 0 Å². The van der Waals surface area contributed by atoms with E-state index in [1.807, 2.05) is 54.6 Å². The molecule has 0 radical (unpaired) electrons. The van der Waals surface area contributed by atoms with Crippen molar-refractivity contribution in [3.05, 3.63) is 74.2 Å². The Morgan fingerprint density at radius 3 is 1.95 bits per heavy atom. The summed E-state index contributed by atoms with van der Waals surface area (Å²) in [6.07, 6.45) is 2.61. The fourth-order valence-electron chi connectivity index (χ4n) is 1.86. The summed E-state index contributed by atoms with van der Waals surface area (Å²) in [6.45, 7) is 1.61. The van der Waals surface area contributed by atoms with Crippen molar-refractivity contribution in [2.75, 3.05) is 0 Å². The van der Waals surface area contributed by atoms with E-state index in [0.29, 0.717) is 6.42 Å². The van der Waals surface area contributed by atoms with Crippen LogP contribution in [0, 0.1) is 0 Å². The lowest BCUT2D eigenvalue weighted by Crippen LogP contribution is -2.00. The molecule has 0 spiro atoms. The lowest BCUT2D eigenvalue weighted by atomic mass is 10.00. The molecule has 0 aromatic heterocycles. The van der Waals surface area contributed by atoms with Crippen molar-refractivity contribution in [2.24, 2.45) is 0 Å². The minimum Gasteiger partial charge on any atom is -0.295 e. The van der Waals surface area contributed by atoms with E-state index in [9.17, 15) is 4.79 Å². The van der Waals surface area contributed by atoms with Gasteiger partial charge in [-0.1, -0.05) is 56.1 Å². The van der Waals surface area contributed by atoms with E-state index in [0.717, 1.165) is 25.6 Å². The summed E-state index contributed by atoms with van der Waals surface area (Å²) in [5, 5.41) is 0. The van der Waals surface area contributed by atoms with Crippen LogP contribution in [-0.4, -0.2) is 5.78 Å². The summed E-state index contributed by atoms with van der Waals surface area (Å²) in [4.78, 5) is 11.8. The quantitative estimate of drug-likeness (QED) is 0.633. The molecular weight excluding hydrogens is 380 g/mol. The predicted octanol–water partition coefficient (Wildman–Crippen LogP) is 5.43. The number of Topliss-reactive ketones (excluding diaryl/α,β-unsaturated/α-hetero) is 1. The van der Waals surface area contributed by atoms with Crippen LogP contribution in [0.5, 0.6) is 0 Å². The Labute approximate surface area is 136 Å². The van der Waals surface area contributed by atoms with Crippen molar-refractivity contribution in [2.45, 2.75) is 13.3 Å². The molecule has 0 heterocycles. The molecule has 0 saturated heterocycles. The monoisotopic (exact) mass is 392 g/mol. The molecule has 102 valence electrons. The van der Waals surface area contributed by atoms with E-state index < -0.39 is 0 Å². The molecule has 0 atom stereocenters. The maximum absolute atomic E-state index is 11.8. The molecule has 0 bridgehead atoms. The highest BCUT2D eigenvalue weighted by atomic mass is 79.9. The predicted molar refractivity (Wildman–Crippen MR) is 90.6 cm³/mol. The molecule has 0 aliphatic rings. The zero-order chi connectivity index (χ0) is 14.5. The minimum atomic E-state index is 0.107. The van der Waals surface area contributed by atoms with Gasteiger partial charge in [-0.2, -0.15) is 0 Å². The second-order valence-corrected chi connectivity index (χ2v) is 6.41. The first kappa shape index (κ1) is 15.2. The van der Waals surface area contributed by atoms with Gasteiger partial charge in [0.05, 0.1) is 0 Å². The molecule has 2 rings (SSSR count). The van der Waals surface area contributed by atoms with Gasteiger partial charge in [0, 0.05) is 15.4 Å². The van der Waals surface area contributed by atoms with Crippen molar-refractivity contribution < 1.29 is 4.79 Å². The fraction of sp³-hybridized carbons (Fsp3) is 0.118. The summed E-state index contributed by atoms with van der Waals surface area (Å²) in [5.74, 6) is 0.107. The van der Waals surface area contributed by atoms with Crippen molar-refractivity contribution >= 4 is 43.7 Å². The van der Waals surface area contributed by atoms with Gasteiger partial charge in [0.2, 0.25) is 0 Å². The van der Waals surface area contributed by atoms with Crippen molar-refractivity contribution in [3.63, 3.8) is 0 Å². The van der Waals surface area contributed by atoms with Crippen LogP contribution < -0.4 is 0 Å². The van der Waals surface area contributed by atoms with Crippen molar-refractivity contribution in [1.29, 1.82) is 0 Å². The second-order valence-electron chi connectivity index (χ2n) is 4.58. The zero-order valence-corrected chi connectivity index (χ0v) is 14.2. The SMILES string of the molecule is CC(=O)C(=Cc1ccc(Br)cc1)Cc1ccc(Br)cc1. The summed E-state index contributed by atoms with van der Waals surface area (Å²) in [5.41, 5.74) is 2.98. The van der Waals surface area contributed by atoms with Crippen molar-refractivity contribution in [3.8, 4) is 0 Å². The number of ketones is 1. The molecule has 3 heteroatoms. The number of hydrogen-bond acceptors (Lipinski definition) is 1. The largest absolute Gasteiger partial charge is 0.295 e. The minimum absolute atomic E-state index is 0.107. The van der Waals surface area contributed by atoms with Gasteiger partial charge >= 0.3 is 0 Å². The van der Waals surface area contributed by atoms with Crippen LogP contribution in [0.2, 0.25) is 0 Å². The molecule has 2 aromatic rings. The van der Waals surface area contributed by atoms with E-state index in [4.69, 9.17) is 0 Å². The van der Waals surface area contributed by atoms with Crippen LogP contribution in [0.4, 0.5) is 0 Å². The number of allylic oxidation sites excluding steroid dienone is 1. The highest BCUT2D eigenvalue weighted by Crippen LogP contribution is 2.18. The van der Waals surface area contributed by atoms with Gasteiger partial charge in [0.25, 0.3) is 0 Å². The molecule has 0 aliphatic heterocycles. The van der Waals surface area contributed by atoms with Gasteiger partial charge in [0.15, 0.2) is 5.78 Å². The van der Waals surface area contributed by atoms with E-state index in [1.165, 1.54) is 0 Å². The highest BCUT2D eigenvalue weighted by Gasteiger charge is 2.06. The normalized spacial score (nSPS) is 11.4. The van der Waals surface area contributed by atoms with E-state index in [1.54, 1.807) is 6.92 Å². The van der Waals surface area contributed by atoms with Gasteiger partial charge < -0.3 is 0 Å². The Morgan fingerprint density at radius 2 is 1.45 bits per heavy atom. The smallest absolute Gasteiger partial charge is 0.156 e. The Balaban J connectivity index is 2.25. The fourth-order valence-corrected chi connectivity index (χ4v) is 2.39. The van der Waals surface area contributed by atoms with Crippen LogP contribution in [0.1, 0.15) is 18.1 Å². The zero-order valence-electron chi connectivity index (χ0n) is 11.1. The third kappa shape index (κ3) is 4.43. The summed E-state index contributed by atoms with van der Waals surface area (Å²) in [7, 11) is 0. The van der Waals surface area contributed by atoms with Gasteiger partial charge in [0.1, 0.15) is 0 Å². The second kappa shape index (κ2) is 7.00. The Morgan fingerprint density at radius 1 is 0.950 bits per heavy atom. The third-order valence-corrected chi connectivity index (χ3v) is 4.03. The first-order valence-corrected chi connectivity index (χ1v) is 7.85. The van der Waals surface area contributed by atoms with Crippen LogP contribution in [-0.2, 0) is 11.2 Å². The molecule has 0 amide bonds. The molecule has 2 aromatic carbocycles. The Hall–Kier alpha value is -1.19. The maximum Gasteiger partial charge on any atom is 0.156 e. The molecule has 1 nitrogen and oxygen atoms in total. The van der Waals surface area contributed by atoms with E-state index in [2.05, 4.69) is 31.9 Å². The first-order chi connectivity index (χ1) is 9.54. The molecule has 0 aliphatic carbocycles. The number of rotatable bonds is 4. The van der Waals surface area contributed by atoms with Gasteiger partial charge in [-0.3, -0.25) is 4.79 Å². The maximum atomic E-state index is 11.8. The highest BCUT2D eigenvalue weighted by molar-refractivity contribution is 9.10. The standard InChI is InChI=1S/C17H14Br2O/c1-12(20)15(10-13-2-6-16(18)7-3-13)11-14-4-8-17(19)9-5-14/h2-10H,11H2,1H3. The number of halogens is 2. The summed E-state index contributed by atoms with van der Waals surface area (Å²) in [6, 6.07) is 16.0. The number of benzene rings is 2. The van der Waals surface area contributed by atoms with Crippen LogP contribution in [0.25, 0.3) is 6.08 Å². The van der Waals surface area contributed by atoms with E-state index >= 15 is 0 Å². The topological polar surface area (TPSA) is 17.1 Å². The van der Waals surface area contributed by atoms with Crippen LogP contribution >= 0.6 is 31.9 Å². The average Bonchev–Trinajstić information content (AvgIpc) is 2.42. The van der Waals surface area contributed by atoms with Gasteiger partial charge in [-0.15, -0.1) is 0 Å². The molecule has 0 unspecified atom stereocenters. The Bertz CT molecular complexity index is 625. The molecule has 0 N–H and O–H groups in total. The lowest BCUT2D eigenvalue weighted by Gasteiger charge is -2.05. The third-order valence-electron chi connectivity index (χ3n) is 2.97. The molecular formula is C17H14Br2O. The number of hydrogen-bond donors (Lipinski definition) is 0. The van der Waals surface area contributed by atoms with Crippen LogP contribution in [0.15, 0.2) is 63.0 Å². The summed E-state index contributed by atoms with van der Waals surface area (Å²) >= 11 is 6.82. The van der Waals surface area contributed by atoms with Crippen LogP contribution in [0.3, 0.4) is 0 Å². The van der Waals surface area contributed by atoms with Gasteiger partial charge in [-0.05, 0) is 54.0 Å². The summed E-state index contributed by atoms with van der Waals surface area (Å²) < 4.78 is 2.08. The number of carbonyl (C=O) groups is 1. The first-order valence-electron chi connectivity index (χ1n) is 6.26. The number of carbonyl (C=O) groups excluding carboxylic acids is 1. The Kier molecular flexibility index (Phi) is 5.32. The molecule has 20 heavy (non-hydrogen) atoms. The molecule has 0 fully saturated rings. The average molecular weight is 394 g/mol. The van der Waals surface area contributed by atoms with Gasteiger partial charge in [-0.25, -0.2) is 0 Å². The molecule has 0 saturated carbocycles. The lowest BCUT2D eigenvalue weighted by molar-refractivity contribution is -0.113. The van der Waals surface area contributed by atoms with E-state index in [-0.39, 0.29) is 5.78 Å².